The molecular weight excluding hydrogens is 284 g/mol. The molecule has 1 heterocycles. The summed E-state index contributed by atoms with van der Waals surface area (Å²) in [7, 11) is 0. The van der Waals surface area contributed by atoms with E-state index in [1.807, 2.05) is 13.0 Å². The summed E-state index contributed by atoms with van der Waals surface area (Å²) in [6.07, 6.45) is 6.49. The van der Waals surface area contributed by atoms with Gasteiger partial charge in [0.2, 0.25) is 0 Å². The Morgan fingerprint density at radius 3 is 2.52 bits per heavy atom. The lowest BCUT2D eigenvalue weighted by molar-refractivity contribution is 0.461. The fraction of sp³-hybridized carbons (Fsp3) is 0.474. The molecule has 0 amide bonds. The van der Waals surface area contributed by atoms with Crippen LogP contribution >= 0.6 is 0 Å². The number of para-hydroxylation sites is 1. The van der Waals surface area contributed by atoms with Crippen molar-refractivity contribution in [1.29, 1.82) is 0 Å². The number of aryl methyl sites for hydroxylation is 1. The van der Waals surface area contributed by atoms with Crippen molar-refractivity contribution < 1.29 is 0 Å². The summed E-state index contributed by atoms with van der Waals surface area (Å²) in [6.45, 7) is 5.00. The number of anilines is 3. The van der Waals surface area contributed by atoms with Gasteiger partial charge < -0.3 is 10.2 Å². The highest BCUT2D eigenvalue weighted by Gasteiger charge is 2.16. The molecule has 1 aliphatic rings. The quantitative estimate of drug-likeness (QED) is 0.870. The normalized spacial score (nSPS) is 15.4. The lowest BCUT2D eigenvalue weighted by atomic mass is 9.95. The van der Waals surface area contributed by atoms with Crippen molar-refractivity contribution in [3.63, 3.8) is 0 Å². The van der Waals surface area contributed by atoms with Gasteiger partial charge in [-0.05, 0) is 38.8 Å². The van der Waals surface area contributed by atoms with Crippen molar-refractivity contribution in [2.45, 2.75) is 52.0 Å². The molecule has 0 spiro atoms. The van der Waals surface area contributed by atoms with E-state index in [0.717, 1.165) is 29.7 Å². The van der Waals surface area contributed by atoms with Gasteiger partial charge in [0.05, 0.1) is 0 Å². The molecule has 1 N–H and O–H groups in total. The Labute approximate surface area is 139 Å². The number of nitrogens with one attached hydrogen (secondary N) is 1. The maximum Gasteiger partial charge on any atom is 0.138 e. The third-order valence-corrected chi connectivity index (χ3v) is 4.44. The van der Waals surface area contributed by atoms with Crippen LogP contribution in [0.15, 0.2) is 36.4 Å². The molecule has 0 saturated heterocycles. The fourth-order valence-corrected chi connectivity index (χ4v) is 3.30. The van der Waals surface area contributed by atoms with Gasteiger partial charge in [-0.15, -0.1) is 0 Å². The van der Waals surface area contributed by atoms with Crippen LogP contribution < -0.4 is 10.2 Å². The Morgan fingerprint density at radius 1 is 1.09 bits per heavy atom. The average molecular weight is 310 g/mol. The van der Waals surface area contributed by atoms with Crippen LogP contribution in [0.4, 0.5) is 17.3 Å². The standard InChI is InChI=1S/C19H26N4/c1-3-23(17-12-8-5-9-13-17)19-14-18(20-15(2)21-19)22-16-10-6-4-7-11-16/h5,8-9,12-14,16H,3-4,6-7,10-11H2,1-2H3,(H,20,21,22). The van der Waals surface area contributed by atoms with Crippen molar-refractivity contribution in [3.05, 3.63) is 42.2 Å². The first-order chi connectivity index (χ1) is 11.3. The molecule has 1 aromatic carbocycles. The number of hydrogen-bond acceptors (Lipinski definition) is 4. The highest BCUT2D eigenvalue weighted by Crippen LogP contribution is 2.26. The highest BCUT2D eigenvalue weighted by atomic mass is 15.2. The van der Waals surface area contributed by atoms with Crippen LogP contribution in [-0.4, -0.2) is 22.6 Å². The molecule has 0 aliphatic heterocycles. The summed E-state index contributed by atoms with van der Waals surface area (Å²) >= 11 is 0. The van der Waals surface area contributed by atoms with E-state index in [2.05, 4.69) is 57.4 Å². The van der Waals surface area contributed by atoms with Gasteiger partial charge in [-0.2, -0.15) is 0 Å². The molecule has 1 fully saturated rings. The zero-order valence-corrected chi connectivity index (χ0v) is 14.1. The molecular formula is C19H26N4. The Hall–Kier alpha value is -2.10. The van der Waals surface area contributed by atoms with Gasteiger partial charge in [-0.3, -0.25) is 0 Å². The van der Waals surface area contributed by atoms with Crippen LogP contribution in [-0.2, 0) is 0 Å². The van der Waals surface area contributed by atoms with E-state index < -0.39 is 0 Å². The van der Waals surface area contributed by atoms with Gasteiger partial charge in [-0.25, -0.2) is 9.97 Å². The molecule has 4 nitrogen and oxygen atoms in total. The molecule has 4 heteroatoms. The lowest BCUT2D eigenvalue weighted by Gasteiger charge is -2.25. The van der Waals surface area contributed by atoms with Crippen molar-refractivity contribution >= 4 is 17.3 Å². The van der Waals surface area contributed by atoms with Gasteiger partial charge >= 0.3 is 0 Å². The maximum absolute atomic E-state index is 4.65. The van der Waals surface area contributed by atoms with Gasteiger partial charge in [0.1, 0.15) is 17.5 Å². The molecule has 1 saturated carbocycles. The average Bonchev–Trinajstić information content (AvgIpc) is 2.57. The second-order valence-corrected chi connectivity index (χ2v) is 6.22. The first-order valence-corrected chi connectivity index (χ1v) is 8.71. The predicted molar refractivity (Wildman–Crippen MR) is 96.4 cm³/mol. The Balaban J connectivity index is 1.84. The maximum atomic E-state index is 4.65. The van der Waals surface area contributed by atoms with E-state index in [4.69, 9.17) is 0 Å². The van der Waals surface area contributed by atoms with Crippen molar-refractivity contribution in [2.75, 3.05) is 16.8 Å². The summed E-state index contributed by atoms with van der Waals surface area (Å²) < 4.78 is 0. The SMILES string of the molecule is CCN(c1ccccc1)c1cc(NC2CCCCC2)nc(C)n1. The summed E-state index contributed by atoms with van der Waals surface area (Å²) in [5.41, 5.74) is 1.16. The van der Waals surface area contributed by atoms with Crippen LogP contribution in [0.25, 0.3) is 0 Å². The first-order valence-electron chi connectivity index (χ1n) is 8.71. The summed E-state index contributed by atoms with van der Waals surface area (Å²) in [5.74, 6) is 2.73. The number of nitrogens with zero attached hydrogens (tertiary/aromatic N) is 3. The summed E-state index contributed by atoms with van der Waals surface area (Å²) in [4.78, 5) is 11.5. The Bertz CT molecular complexity index is 621. The zero-order chi connectivity index (χ0) is 16.1. The number of benzene rings is 1. The van der Waals surface area contributed by atoms with Crippen LogP contribution in [0.5, 0.6) is 0 Å². The van der Waals surface area contributed by atoms with Gasteiger partial charge in [0.25, 0.3) is 0 Å². The third-order valence-electron chi connectivity index (χ3n) is 4.44. The number of hydrogen-bond donors (Lipinski definition) is 1. The largest absolute Gasteiger partial charge is 0.367 e. The molecule has 0 atom stereocenters. The van der Waals surface area contributed by atoms with E-state index in [1.165, 1.54) is 32.1 Å². The van der Waals surface area contributed by atoms with Crippen molar-refractivity contribution in [3.8, 4) is 0 Å². The van der Waals surface area contributed by atoms with Crippen LogP contribution in [0.3, 0.4) is 0 Å². The molecule has 2 aromatic rings. The minimum Gasteiger partial charge on any atom is -0.367 e. The van der Waals surface area contributed by atoms with Crippen molar-refractivity contribution in [2.24, 2.45) is 0 Å². The third kappa shape index (κ3) is 4.01. The molecule has 0 radical (unpaired) electrons. The summed E-state index contributed by atoms with van der Waals surface area (Å²) in [6, 6.07) is 13.0. The summed E-state index contributed by atoms with van der Waals surface area (Å²) in [5, 5.41) is 3.61. The lowest BCUT2D eigenvalue weighted by Crippen LogP contribution is -2.24. The van der Waals surface area contributed by atoms with Gasteiger partial charge in [0.15, 0.2) is 0 Å². The van der Waals surface area contributed by atoms with Crippen LogP contribution in [0.2, 0.25) is 0 Å². The molecule has 23 heavy (non-hydrogen) atoms. The van der Waals surface area contributed by atoms with E-state index in [0.29, 0.717) is 6.04 Å². The topological polar surface area (TPSA) is 41.0 Å². The second-order valence-electron chi connectivity index (χ2n) is 6.22. The van der Waals surface area contributed by atoms with E-state index in [9.17, 15) is 0 Å². The number of aromatic nitrogens is 2. The molecule has 1 aromatic heterocycles. The second kappa shape index (κ2) is 7.44. The Morgan fingerprint density at radius 2 is 1.83 bits per heavy atom. The molecule has 3 rings (SSSR count). The van der Waals surface area contributed by atoms with Gasteiger partial charge in [-0.1, -0.05) is 37.5 Å². The monoisotopic (exact) mass is 310 g/mol. The van der Waals surface area contributed by atoms with E-state index in [1.54, 1.807) is 0 Å². The predicted octanol–water partition coefficient (Wildman–Crippen LogP) is 4.69. The number of rotatable bonds is 5. The first kappa shape index (κ1) is 15.8. The van der Waals surface area contributed by atoms with E-state index in [-0.39, 0.29) is 0 Å². The van der Waals surface area contributed by atoms with Crippen molar-refractivity contribution in [1.82, 2.24) is 9.97 Å². The van der Waals surface area contributed by atoms with Crippen LogP contribution in [0.1, 0.15) is 44.9 Å². The molecule has 122 valence electrons. The minimum atomic E-state index is 0.553. The molecule has 1 aliphatic carbocycles. The van der Waals surface area contributed by atoms with Crippen LogP contribution in [0, 0.1) is 6.92 Å². The van der Waals surface area contributed by atoms with E-state index >= 15 is 0 Å². The zero-order valence-electron chi connectivity index (χ0n) is 14.1. The fourth-order valence-electron chi connectivity index (χ4n) is 3.30. The van der Waals surface area contributed by atoms with Gasteiger partial charge in [0, 0.05) is 24.3 Å². The highest BCUT2D eigenvalue weighted by molar-refractivity contribution is 5.62. The molecule has 0 unspecified atom stereocenters. The minimum absolute atomic E-state index is 0.553. The molecule has 0 bridgehead atoms. The Kier molecular flexibility index (Phi) is 5.11. The smallest absolute Gasteiger partial charge is 0.138 e.